The highest BCUT2D eigenvalue weighted by molar-refractivity contribution is 5.85. The molecule has 0 heterocycles. The maximum Gasteiger partial charge on any atom is 0.242 e. The Hall–Kier alpha value is -1.42. The fourth-order valence-electron chi connectivity index (χ4n) is 1.69. The quantitative estimate of drug-likeness (QED) is 0.892. The van der Waals surface area contributed by atoms with Crippen LogP contribution in [0.4, 0.5) is 4.39 Å². The first kappa shape index (κ1) is 14.6. The van der Waals surface area contributed by atoms with Gasteiger partial charge >= 0.3 is 0 Å². The molecule has 1 unspecified atom stereocenters. The second kappa shape index (κ2) is 5.48. The molecular weight excluding hydrogens is 231 g/mol. The molecule has 0 fully saturated rings. The smallest absolute Gasteiger partial charge is 0.242 e. The Kier molecular flexibility index (Phi) is 4.46. The van der Waals surface area contributed by atoms with Gasteiger partial charge in [-0.25, -0.2) is 4.39 Å². The van der Waals surface area contributed by atoms with Crippen molar-refractivity contribution >= 4 is 5.91 Å². The normalized spacial score (nSPS) is 13.2. The van der Waals surface area contributed by atoms with E-state index in [1.165, 1.54) is 12.1 Å². The monoisotopic (exact) mass is 252 g/mol. The fourth-order valence-corrected chi connectivity index (χ4v) is 1.69. The first-order valence-corrected chi connectivity index (χ1v) is 6.01. The van der Waals surface area contributed by atoms with Crippen molar-refractivity contribution < 1.29 is 9.18 Å². The molecule has 3 nitrogen and oxygen atoms in total. The lowest BCUT2D eigenvalue weighted by Gasteiger charge is -2.33. The summed E-state index contributed by atoms with van der Waals surface area (Å²) in [6.07, 6.45) is 0. The Bertz CT molecular complexity index is 414. The van der Waals surface area contributed by atoms with Crippen LogP contribution >= 0.6 is 0 Å². The van der Waals surface area contributed by atoms with Crippen molar-refractivity contribution in [1.29, 1.82) is 0 Å². The zero-order valence-electron chi connectivity index (χ0n) is 11.6. The number of amides is 1. The summed E-state index contributed by atoms with van der Waals surface area (Å²) in [5.41, 5.74) is 0.308. The zero-order chi connectivity index (χ0) is 13.9. The molecule has 0 spiro atoms. The highest BCUT2D eigenvalue weighted by Crippen LogP contribution is 2.21. The van der Waals surface area contributed by atoms with Gasteiger partial charge < -0.3 is 10.2 Å². The predicted molar refractivity (Wildman–Crippen MR) is 70.7 cm³/mol. The van der Waals surface area contributed by atoms with Gasteiger partial charge in [0.05, 0.1) is 11.6 Å². The van der Waals surface area contributed by atoms with Crippen molar-refractivity contribution in [2.24, 2.45) is 0 Å². The molecule has 0 aliphatic heterocycles. The van der Waals surface area contributed by atoms with Gasteiger partial charge in [-0.3, -0.25) is 4.79 Å². The summed E-state index contributed by atoms with van der Waals surface area (Å²) < 4.78 is 12.9. The molecule has 1 rings (SSSR count). The van der Waals surface area contributed by atoms with E-state index in [0.717, 1.165) is 5.56 Å². The fraction of sp³-hybridized carbons (Fsp3) is 0.500. The Labute approximate surface area is 108 Å². The van der Waals surface area contributed by atoms with Gasteiger partial charge in [-0.1, -0.05) is 12.1 Å². The minimum absolute atomic E-state index is 0.00169. The number of likely N-dealkylation sites (N-methyl/N-ethyl adjacent to an activating group) is 2. The van der Waals surface area contributed by atoms with Crippen molar-refractivity contribution in [1.82, 2.24) is 10.2 Å². The molecule has 1 aromatic carbocycles. The molecule has 1 aromatic rings. The van der Waals surface area contributed by atoms with Crippen LogP contribution in [-0.4, -0.2) is 30.4 Å². The number of carbonyl (C=O) groups excluding carboxylic acids is 1. The van der Waals surface area contributed by atoms with Gasteiger partial charge in [0.15, 0.2) is 0 Å². The number of hydrogen-bond acceptors (Lipinski definition) is 2. The molecule has 0 bridgehead atoms. The molecule has 0 aromatic heterocycles. The van der Waals surface area contributed by atoms with Crippen LogP contribution in [-0.2, 0) is 4.79 Å². The van der Waals surface area contributed by atoms with E-state index in [-0.39, 0.29) is 17.8 Å². The summed E-state index contributed by atoms with van der Waals surface area (Å²) in [5.74, 6) is -0.266. The van der Waals surface area contributed by atoms with Crippen LogP contribution in [0.5, 0.6) is 0 Å². The average molecular weight is 252 g/mol. The van der Waals surface area contributed by atoms with Crippen LogP contribution in [0, 0.1) is 5.82 Å². The molecule has 0 aliphatic carbocycles. The number of hydrogen-bond donors (Lipinski definition) is 1. The molecular formula is C14H21FN2O. The molecule has 1 atom stereocenters. The summed E-state index contributed by atoms with van der Waals surface area (Å²) in [6.45, 7) is 5.60. The van der Waals surface area contributed by atoms with E-state index < -0.39 is 5.54 Å². The Morgan fingerprint density at radius 3 is 2.28 bits per heavy atom. The molecule has 0 radical (unpaired) electrons. The summed E-state index contributed by atoms with van der Waals surface area (Å²) >= 11 is 0. The van der Waals surface area contributed by atoms with Crippen LogP contribution in [0.1, 0.15) is 32.4 Å². The van der Waals surface area contributed by atoms with Crippen LogP contribution in [0.15, 0.2) is 24.3 Å². The van der Waals surface area contributed by atoms with E-state index in [9.17, 15) is 9.18 Å². The lowest BCUT2D eigenvalue weighted by molar-refractivity contribution is -0.137. The minimum atomic E-state index is -0.608. The van der Waals surface area contributed by atoms with E-state index in [4.69, 9.17) is 0 Å². The maximum absolute atomic E-state index is 12.9. The standard InChI is InChI=1S/C14H21FN2O/c1-10(11-6-8-12(15)9-7-11)17(5)13(18)14(2,3)16-4/h6-10,16H,1-5H3. The molecule has 100 valence electrons. The van der Waals surface area contributed by atoms with Crippen molar-refractivity contribution in [2.75, 3.05) is 14.1 Å². The summed E-state index contributed by atoms with van der Waals surface area (Å²) in [6, 6.07) is 6.14. The largest absolute Gasteiger partial charge is 0.337 e. The molecule has 1 amide bonds. The second-order valence-corrected chi connectivity index (χ2v) is 5.02. The number of nitrogens with zero attached hydrogens (tertiary/aromatic N) is 1. The van der Waals surface area contributed by atoms with Crippen molar-refractivity contribution in [3.05, 3.63) is 35.6 Å². The van der Waals surface area contributed by atoms with Crippen molar-refractivity contribution in [2.45, 2.75) is 32.4 Å². The van der Waals surface area contributed by atoms with E-state index in [2.05, 4.69) is 5.32 Å². The highest BCUT2D eigenvalue weighted by atomic mass is 19.1. The van der Waals surface area contributed by atoms with E-state index in [0.29, 0.717) is 0 Å². The first-order valence-electron chi connectivity index (χ1n) is 6.01. The van der Waals surface area contributed by atoms with Gasteiger partial charge in [0, 0.05) is 7.05 Å². The first-order chi connectivity index (χ1) is 8.29. The SMILES string of the molecule is CNC(C)(C)C(=O)N(C)C(C)c1ccc(F)cc1. The lowest BCUT2D eigenvalue weighted by Crippen LogP contribution is -2.52. The van der Waals surface area contributed by atoms with Gasteiger partial charge in [0.25, 0.3) is 0 Å². The second-order valence-electron chi connectivity index (χ2n) is 5.02. The van der Waals surface area contributed by atoms with E-state index >= 15 is 0 Å². The van der Waals surface area contributed by atoms with Crippen molar-refractivity contribution in [3.63, 3.8) is 0 Å². The molecule has 0 aliphatic rings. The van der Waals surface area contributed by atoms with Crippen molar-refractivity contribution in [3.8, 4) is 0 Å². The minimum Gasteiger partial charge on any atom is -0.337 e. The number of benzene rings is 1. The predicted octanol–water partition coefficient (Wildman–Crippen LogP) is 2.34. The summed E-state index contributed by atoms with van der Waals surface area (Å²) in [4.78, 5) is 13.9. The maximum atomic E-state index is 12.9. The highest BCUT2D eigenvalue weighted by Gasteiger charge is 2.30. The van der Waals surface area contributed by atoms with Gasteiger partial charge in [-0.2, -0.15) is 0 Å². The Balaban J connectivity index is 2.87. The number of halogens is 1. The average Bonchev–Trinajstić information content (AvgIpc) is 2.37. The number of carbonyl (C=O) groups is 1. The van der Waals surface area contributed by atoms with E-state index in [1.807, 2.05) is 20.8 Å². The van der Waals surface area contributed by atoms with Gasteiger partial charge in [0.1, 0.15) is 5.82 Å². The summed E-state index contributed by atoms with van der Waals surface area (Å²) in [7, 11) is 3.52. The third-order valence-electron chi connectivity index (χ3n) is 3.41. The van der Waals surface area contributed by atoms with Gasteiger partial charge in [-0.15, -0.1) is 0 Å². The molecule has 1 N–H and O–H groups in total. The van der Waals surface area contributed by atoms with Crippen LogP contribution in [0.2, 0.25) is 0 Å². The van der Waals surface area contributed by atoms with E-state index in [1.54, 1.807) is 31.1 Å². The summed E-state index contributed by atoms with van der Waals surface area (Å²) in [5, 5.41) is 2.99. The number of rotatable bonds is 4. The third kappa shape index (κ3) is 3.07. The van der Waals surface area contributed by atoms with Crippen LogP contribution < -0.4 is 5.32 Å². The Morgan fingerprint density at radius 2 is 1.83 bits per heavy atom. The topological polar surface area (TPSA) is 32.3 Å². The molecule has 18 heavy (non-hydrogen) atoms. The molecule has 4 heteroatoms. The molecule has 0 saturated heterocycles. The van der Waals surface area contributed by atoms with Crippen LogP contribution in [0.3, 0.4) is 0 Å². The van der Waals surface area contributed by atoms with Crippen LogP contribution in [0.25, 0.3) is 0 Å². The number of nitrogens with one attached hydrogen (secondary N) is 1. The molecule has 0 saturated carbocycles. The third-order valence-corrected chi connectivity index (χ3v) is 3.41. The Morgan fingerprint density at radius 1 is 1.33 bits per heavy atom. The van der Waals surface area contributed by atoms with Gasteiger partial charge in [-0.05, 0) is 45.5 Å². The zero-order valence-corrected chi connectivity index (χ0v) is 11.6. The van der Waals surface area contributed by atoms with Gasteiger partial charge in [0.2, 0.25) is 5.91 Å². The lowest BCUT2D eigenvalue weighted by atomic mass is 10.0.